The lowest BCUT2D eigenvalue weighted by Crippen LogP contribution is -2.50. The van der Waals surface area contributed by atoms with Gasteiger partial charge in [0.1, 0.15) is 0 Å². The number of nitrogens with zero attached hydrogens (tertiary/aromatic N) is 4. The maximum atomic E-state index is 13.1. The molecule has 9 nitrogen and oxygen atoms in total. The molecule has 1 saturated heterocycles. The van der Waals surface area contributed by atoms with Crippen LogP contribution < -0.4 is 9.47 Å². The highest BCUT2D eigenvalue weighted by Gasteiger charge is 2.31. The Bertz CT molecular complexity index is 1230. The summed E-state index contributed by atoms with van der Waals surface area (Å²) in [5, 5.41) is 0. The van der Waals surface area contributed by atoms with Crippen LogP contribution in [0.5, 0.6) is 11.5 Å². The van der Waals surface area contributed by atoms with Gasteiger partial charge in [-0.05, 0) is 12.1 Å². The average Bonchev–Trinajstić information content (AvgIpc) is 2.88. The van der Waals surface area contributed by atoms with E-state index in [0.29, 0.717) is 22.9 Å². The molecule has 1 amide bonds. The molecule has 0 unspecified atom stereocenters. The number of rotatable bonds is 6. The fraction of sp³-hybridized carbons (Fsp3) is 0.261. The Morgan fingerprint density at radius 3 is 2.12 bits per heavy atom. The van der Waals surface area contributed by atoms with E-state index in [4.69, 9.17) is 9.47 Å². The topological polar surface area (TPSA) is 102 Å². The van der Waals surface area contributed by atoms with Gasteiger partial charge in [-0.2, -0.15) is 4.31 Å². The number of hydrogen-bond acceptors (Lipinski definition) is 7. The molecule has 2 aromatic carbocycles. The first-order valence-corrected chi connectivity index (χ1v) is 11.8. The fourth-order valence-corrected chi connectivity index (χ4v) is 5.05. The van der Waals surface area contributed by atoms with Gasteiger partial charge in [-0.15, -0.1) is 0 Å². The van der Waals surface area contributed by atoms with E-state index >= 15 is 0 Å². The van der Waals surface area contributed by atoms with Crippen LogP contribution in [0, 0.1) is 0 Å². The molecule has 1 fully saturated rings. The predicted molar refractivity (Wildman–Crippen MR) is 122 cm³/mol. The van der Waals surface area contributed by atoms with Crippen molar-refractivity contribution in [3.8, 4) is 22.9 Å². The van der Waals surface area contributed by atoms with Gasteiger partial charge in [0.15, 0.2) is 17.3 Å². The van der Waals surface area contributed by atoms with Crippen molar-refractivity contribution in [3.05, 3.63) is 66.5 Å². The SMILES string of the molecule is COc1ccc(S(=O)(=O)N2CCN(C(=O)c3cnc(-c4ccccc4)nc3)CC2)cc1OC. The van der Waals surface area contributed by atoms with Crippen LogP contribution in [0.2, 0.25) is 0 Å². The third-order valence-corrected chi connectivity index (χ3v) is 7.34. The monoisotopic (exact) mass is 468 g/mol. The van der Waals surface area contributed by atoms with Crippen molar-refractivity contribution in [1.29, 1.82) is 0 Å². The Kier molecular flexibility index (Phi) is 6.57. The van der Waals surface area contributed by atoms with E-state index in [-0.39, 0.29) is 37.0 Å². The minimum absolute atomic E-state index is 0.116. The quantitative estimate of drug-likeness (QED) is 0.547. The lowest BCUT2D eigenvalue weighted by atomic mass is 10.2. The van der Waals surface area contributed by atoms with Gasteiger partial charge < -0.3 is 14.4 Å². The van der Waals surface area contributed by atoms with Crippen molar-refractivity contribution in [2.24, 2.45) is 0 Å². The molecule has 1 aromatic heterocycles. The van der Waals surface area contributed by atoms with Gasteiger partial charge in [-0.25, -0.2) is 18.4 Å². The van der Waals surface area contributed by atoms with Crippen LogP contribution in [0.4, 0.5) is 0 Å². The fourth-order valence-electron chi connectivity index (χ4n) is 3.61. The molecular weight excluding hydrogens is 444 g/mol. The predicted octanol–water partition coefficient (Wildman–Crippen LogP) is 2.31. The van der Waals surface area contributed by atoms with E-state index in [1.807, 2.05) is 30.3 Å². The van der Waals surface area contributed by atoms with E-state index in [9.17, 15) is 13.2 Å². The van der Waals surface area contributed by atoms with Gasteiger partial charge in [-0.3, -0.25) is 4.79 Å². The van der Waals surface area contributed by atoms with Gasteiger partial charge in [0.05, 0.1) is 24.7 Å². The second kappa shape index (κ2) is 9.55. The van der Waals surface area contributed by atoms with Crippen LogP contribution in [0.1, 0.15) is 10.4 Å². The van der Waals surface area contributed by atoms with E-state index in [1.54, 1.807) is 11.0 Å². The number of benzene rings is 2. The molecule has 10 heteroatoms. The highest BCUT2D eigenvalue weighted by atomic mass is 32.2. The number of hydrogen-bond donors (Lipinski definition) is 0. The Balaban J connectivity index is 1.42. The van der Waals surface area contributed by atoms with E-state index in [1.165, 1.54) is 43.1 Å². The third-order valence-electron chi connectivity index (χ3n) is 5.45. The third kappa shape index (κ3) is 4.67. The summed E-state index contributed by atoms with van der Waals surface area (Å²) in [6, 6.07) is 14.0. The summed E-state index contributed by atoms with van der Waals surface area (Å²) in [6.45, 7) is 0.911. The Morgan fingerprint density at radius 2 is 1.52 bits per heavy atom. The zero-order valence-corrected chi connectivity index (χ0v) is 19.2. The Hall–Kier alpha value is -3.50. The molecule has 3 aromatic rings. The molecule has 0 aliphatic carbocycles. The van der Waals surface area contributed by atoms with Crippen molar-refractivity contribution < 1.29 is 22.7 Å². The van der Waals surface area contributed by atoms with Gasteiger partial charge in [0.2, 0.25) is 10.0 Å². The average molecular weight is 469 g/mol. The standard InChI is InChI=1S/C23H24N4O5S/c1-31-20-9-8-19(14-21(20)32-2)33(29,30)27-12-10-26(11-13-27)23(28)18-15-24-22(25-16-18)17-6-4-3-5-7-17/h3-9,14-16H,10-13H2,1-2H3. The van der Waals surface area contributed by atoms with E-state index in [0.717, 1.165) is 5.56 Å². The highest BCUT2D eigenvalue weighted by Crippen LogP contribution is 2.31. The van der Waals surface area contributed by atoms with E-state index in [2.05, 4.69) is 9.97 Å². The van der Waals surface area contributed by atoms with Gasteiger partial charge >= 0.3 is 0 Å². The van der Waals surface area contributed by atoms with Crippen LogP contribution in [0.3, 0.4) is 0 Å². The molecule has 0 spiro atoms. The van der Waals surface area contributed by atoms with Crippen LogP contribution in [-0.4, -0.2) is 73.9 Å². The minimum atomic E-state index is -3.73. The number of piperazine rings is 1. The van der Waals surface area contributed by atoms with Crippen molar-refractivity contribution in [1.82, 2.24) is 19.2 Å². The maximum Gasteiger partial charge on any atom is 0.257 e. The second-order valence-electron chi connectivity index (χ2n) is 7.37. The molecule has 33 heavy (non-hydrogen) atoms. The molecule has 0 bridgehead atoms. The number of ether oxygens (including phenoxy) is 2. The summed E-state index contributed by atoms with van der Waals surface area (Å²) in [5.41, 5.74) is 1.23. The molecule has 0 saturated carbocycles. The summed E-state index contributed by atoms with van der Waals surface area (Å²) >= 11 is 0. The molecule has 2 heterocycles. The molecule has 0 atom stereocenters. The number of aromatic nitrogens is 2. The van der Waals surface area contributed by atoms with Crippen molar-refractivity contribution in [2.45, 2.75) is 4.90 Å². The number of sulfonamides is 1. The summed E-state index contributed by atoms with van der Waals surface area (Å²) in [4.78, 5) is 23.2. The number of carbonyl (C=O) groups is 1. The minimum Gasteiger partial charge on any atom is -0.493 e. The first-order valence-electron chi connectivity index (χ1n) is 10.3. The first kappa shape index (κ1) is 22.7. The number of methoxy groups -OCH3 is 2. The van der Waals surface area contributed by atoms with Crippen LogP contribution in [0.15, 0.2) is 65.8 Å². The smallest absolute Gasteiger partial charge is 0.257 e. The molecule has 172 valence electrons. The molecule has 1 aliphatic heterocycles. The molecule has 1 aliphatic rings. The van der Waals surface area contributed by atoms with Crippen LogP contribution >= 0.6 is 0 Å². The lowest BCUT2D eigenvalue weighted by Gasteiger charge is -2.34. The molecule has 0 N–H and O–H groups in total. The highest BCUT2D eigenvalue weighted by molar-refractivity contribution is 7.89. The maximum absolute atomic E-state index is 13.1. The zero-order chi connectivity index (χ0) is 23.4. The zero-order valence-electron chi connectivity index (χ0n) is 18.3. The number of carbonyl (C=O) groups excluding carboxylic acids is 1. The number of amides is 1. The Morgan fingerprint density at radius 1 is 0.879 bits per heavy atom. The first-order chi connectivity index (χ1) is 15.9. The van der Waals surface area contributed by atoms with E-state index < -0.39 is 10.0 Å². The lowest BCUT2D eigenvalue weighted by molar-refractivity contribution is 0.0697. The normalized spacial score (nSPS) is 14.7. The molecular formula is C23H24N4O5S. The van der Waals surface area contributed by atoms with Crippen LogP contribution in [0.25, 0.3) is 11.4 Å². The van der Waals surface area contributed by atoms with Gasteiger partial charge in [0, 0.05) is 50.2 Å². The second-order valence-corrected chi connectivity index (χ2v) is 9.31. The summed E-state index contributed by atoms with van der Waals surface area (Å²) in [6.07, 6.45) is 3.01. The van der Waals surface area contributed by atoms with Gasteiger partial charge in [-0.1, -0.05) is 30.3 Å². The van der Waals surface area contributed by atoms with Crippen LogP contribution in [-0.2, 0) is 10.0 Å². The van der Waals surface area contributed by atoms with Crippen molar-refractivity contribution >= 4 is 15.9 Å². The van der Waals surface area contributed by atoms with Gasteiger partial charge in [0.25, 0.3) is 5.91 Å². The summed E-state index contributed by atoms with van der Waals surface area (Å²) in [7, 11) is -0.793. The largest absolute Gasteiger partial charge is 0.493 e. The molecule has 4 rings (SSSR count). The Labute approximate surface area is 192 Å². The van der Waals surface area contributed by atoms with Crippen molar-refractivity contribution in [2.75, 3.05) is 40.4 Å². The summed E-state index contributed by atoms with van der Waals surface area (Å²) in [5.74, 6) is 1.11. The van der Waals surface area contributed by atoms with Crippen molar-refractivity contribution in [3.63, 3.8) is 0 Å². The summed E-state index contributed by atoms with van der Waals surface area (Å²) < 4.78 is 37.9. The molecule has 0 radical (unpaired) electrons.